The van der Waals surface area contributed by atoms with Crippen LogP contribution in [0.3, 0.4) is 0 Å². The maximum Gasteiger partial charge on any atom is 0.223 e. The summed E-state index contributed by atoms with van der Waals surface area (Å²) in [5, 5.41) is 3.16. The van der Waals surface area contributed by atoms with E-state index < -0.39 is 0 Å². The molecule has 0 radical (unpaired) electrons. The van der Waals surface area contributed by atoms with Crippen molar-refractivity contribution in [1.82, 2.24) is 15.3 Å². The second-order valence-corrected chi connectivity index (χ2v) is 5.82. The first-order valence-electron chi connectivity index (χ1n) is 7.67. The molecule has 6 heteroatoms. The zero-order chi connectivity index (χ0) is 14.7. The fraction of sp³-hybridized carbons (Fsp3) is 0.667. The Morgan fingerprint density at radius 1 is 1.29 bits per heavy atom. The van der Waals surface area contributed by atoms with E-state index in [0.717, 1.165) is 44.6 Å². The van der Waals surface area contributed by atoms with Crippen LogP contribution in [0.15, 0.2) is 12.4 Å². The highest BCUT2D eigenvalue weighted by atomic mass is 16.5. The number of carbonyl (C=O) groups is 1. The molecule has 1 aliphatic carbocycles. The molecule has 1 aromatic rings. The summed E-state index contributed by atoms with van der Waals surface area (Å²) < 4.78 is 5.13. The second kappa shape index (κ2) is 6.28. The number of nitrogens with zero attached hydrogens (tertiary/aromatic N) is 3. The molecule has 1 aromatic heterocycles. The number of rotatable bonds is 4. The van der Waals surface area contributed by atoms with Crippen LogP contribution in [0.2, 0.25) is 0 Å². The molecule has 1 amide bonds. The summed E-state index contributed by atoms with van der Waals surface area (Å²) in [5.41, 5.74) is 0. The number of anilines is 1. The molecular formula is C15H22N4O2. The molecule has 3 rings (SSSR count). The van der Waals surface area contributed by atoms with E-state index in [4.69, 9.17) is 4.74 Å². The van der Waals surface area contributed by atoms with Gasteiger partial charge in [-0.15, -0.1) is 0 Å². The molecule has 114 valence electrons. The Morgan fingerprint density at radius 2 is 2.05 bits per heavy atom. The number of carbonyl (C=O) groups excluding carboxylic acids is 1. The molecule has 1 saturated heterocycles. The van der Waals surface area contributed by atoms with Crippen LogP contribution >= 0.6 is 0 Å². The first kappa shape index (κ1) is 14.1. The van der Waals surface area contributed by atoms with Crippen molar-refractivity contribution >= 4 is 11.7 Å². The Balaban J connectivity index is 1.53. The van der Waals surface area contributed by atoms with Gasteiger partial charge in [0.1, 0.15) is 12.1 Å². The highest BCUT2D eigenvalue weighted by molar-refractivity contribution is 5.79. The van der Waals surface area contributed by atoms with Gasteiger partial charge in [0.15, 0.2) is 0 Å². The highest BCUT2D eigenvalue weighted by Crippen LogP contribution is 2.25. The minimum atomic E-state index is 0.144. The van der Waals surface area contributed by atoms with Gasteiger partial charge < -0.3 is 15.0 Å². The molecule has 2 heterocycles. The maximum atomic E-state index is 12.2. The number of hydrogen-bond donors (Lipinski definition) is 1. The summed E-state index contributed by atoms with van der Waals surface area (Å²) in [6.07, 6.45) is 6.81. The molecule has 21 heavy (non-hydrogen) atoms. The van der Waals surface area contributed by atoms with E-state index in [1.807, 2.05) is 6.07 Å². The van der Waals surface area contributed by atoms with Gasteiger partial charge in [0.25, 0.3) is 0 Å². The number of ether oxygens (including phenoxy) is 1. The molecule has 6 nitrogen and oxygen atoms in total. The lowest BCUT2D eigenvalue weighted by Gasteiger charge is -2.34. The number of hydrogen-bond acceptors (Lipinski definition) is 5. The van der Waals surface area contributed by atoms with Crippen molar-refractivity contribution in [1.29, 1.82) is 0 Å². The third-order valence-electron chi connectivity index (χ3n) is 4.48. The molecule has 0 atom stereocenters. The minimum absolute atomic E-state index is 0.144. The first-order valence-corrected chi connectivity index (χ1v) is 7.67. The number of aromatic nitrogens is 2. The zero-order valence-electron chi connectivity index (χ0n) is 12.4. The molecule has 1 aliphatic heterocycles. The van der Waals surface area contributed by atoms with Gasteiger partial charge in [-0.3, -0.25) is 4.79 Å². The lowest BCUT2D eigenvalue weighted by molar-refractivity contribution is -0.126. The first-order chi connectivity index (χ1) is 10.3. The summed E-state index contributed by atoms with van der Waals surface area (Å²) in [6.45, 7) is 1.70. The molecular weight excluding hydrogens is 268 g/mol. The lowest BCUT2D eigenvalue weighted by atomic mass is 9.90. The van der Waals surface area contributed by atoms with E-state index >= 15 is 0 Å². The predicted octanol–water partition coefficient (Wildman–Crippen LogP) is 1.37. The number of amides is 1. The third kappa shape index (κ3) is 3.25. The summed E-state index contributed by atoms with van der Waals surface area (Å²) in [5.74, 6) is 1.83. The summed E-state index contributed by atoms with van der Waals surface area (Å²) in [4.78, 5) is 22.7. The van der Waals surface area contributed by atoms with Crippen LogP contribution in [0.1, 0.15) is 32.1 Å². The number of nitrogens with one attached hydrogen (secondary N) is 1. The monoisotopic (exact) mass is 290 g/mol. The maximum absolute atomic E-state index is 12.2. The fourth-order valence-corrected chi connectivity index (χ4v) is 2.86. The van der Waals surface area contributed by atoms with Crippen LogP contribution in [-0.2, 0) is 4.79 Å². The largest absolute Gasteiger partial charge is 0.481 e. The van der Waals surface area contributed by atoms with Gasteiger partial charge in [0, 0.05) is 31.1 Å². The Labute approximate surface area is 124 Å². The quantitative estimate of drug-likeness (QED) is 0.907. The van der Waals surface area contributed by atoms with E-state index in [1.54, 1.807) is 7.11 Å². The minimum Gasteiger partial charge on any atom is -0.481 e. The topological polar surface area (TPSA) is 67.3 Å². The number of methoxy groups -OCH3 is 1. The highest BCUT2D eigenvalue weighted by Gasteiger charge is 2.28. The normalized spacial score (nSPS) is 20.0. The van der Waals surface area contributed by atoms with Crippen molar-refractivity contribution in [3.05, 3.63) is 12.4 Å². The average Bonchev–Trinajstić information content (AvgIpc) is 2.51. The molecule has 0 aromatic carbocycles. The Bertz CT molecular complexity index is 496. The molecule has 2 fully saturated rings. The molecule has 2 aliphatic rings. The van der Waals surface area contributed by atoms with Gasteiger partial charge in [-0.2, -0.15) is 0 Å². The molecule has 0 bridgehead atoms. The van der Waals surface area contributed by atoms with Crippen molar-refractivity contribution < 1.29 is 9.53 Å². The van der Waals surface area contributed by atoms with Crippen LogP contribution in [-0.4, -0.2) is 42.1 Å². The Hall–Kier alpha value is -1.85. The fourth-order valence-electron chi connectivity index (χ4n) is 2.86. The van der Waals surface area contributed by atoms with Crippen molar-refractivity contribution in [2.24, 2.45) is 5.92 Å². The van der Waals surface area contributed by atoms with Gasteiger partial charge >= 0.3 is 0 Å². The van der Waals surface area contributed by atoms with E-state index in [9.17, 15) is 4.79 Å². The van der Waals surface area contributed by atoms with Crippen LogP contribution in [0, 0.1) is 5.92 Å². The lowest BCUT2D eigenvalue weighted by Crippen LogP contribution is -2.46. The van der Waals surface area contributed by atoms with Gasteiger partial charge in [0.05, 0.1) is 7.11 Å². The van der Waals surface area contributed by atoms with Crippen LogP contribution in [0.5, 0.6) is 5.88 Å². The Kier molecular flexibility index (Phi) is 4.22. The van der Waals surface area contributed by atoms with Crippen molar-refractivity contribution in [2.45, 2.75) is 38.1 Å². The molecule has 0 unspecified atom stereocenters. The molecule has 1 saturated carbocycles. The van der Waals surface area contributed by atoms with Gasteiger partial charge in [-0.05, 0) is 32.1 Å². The standard InChI is InChI=1S/C15H22N4O2/c1-21-14-9-13(16-10-17-14)19-7-5-11(6-8-19)15(20)18-12-3-2-4-12/h9-12H,2-8H2,1H3,(H,18,20). The van der Waals surface area contributed by atoms with E-state index in [-0.39, 0.29) is 11.8 Å². The predicted molar refractivity (Wildman–Crippen MR) is 79.3 cm³/mol. The van der Waals surface area contributed by atoms with Crippen LogP contribution in [0.25, 0.3) is 0 Å². The molecule has 1 N–H and O–H groups in total. The van der Waals surface area contributed by atoms with Crippen molar-refractivity contribution in [3.63, 3.8) is 0 Å². The number of piperidine rings is 1. The zero-order valence-corrected chi connectivity index (χ0v) is 12.4. The SMILES string of the molecule is COc1cc(N2CCC(C(=O)NC3CCC3)CC2)ncn1. The summed E-state index contributed by atoms with van der Waals surface area (Å²) >= 11 is 0. The third-order valence-corrected chi connectivity index (χ3v) is 4.48. The summed E-state index contributed by atoms with van der Waals surface area (Å²) in [7, 11) is 1.60. The van der Waals surface area contributed by atoms with Gasteiger partial charge in [-0.1, -0.05) is 0 Å². The Morgan fingerprint density at radius 3 is 2.67 bits per heavy atom. The summed E-state index contributed by atoms with van der Waals surface area (Å²) in [6, 6.07) is 2.27. The van der Waals surface area contributed by atoms with E-state index in [2.05, 4.69) is 20.2 Å². The average molecular weight is 290 g/mol. The second-order valence-electron chi connectivity index (χ2n) is 5.82. The molecule has 0 spiro atoms. The van der Waals surface area contributed by atoms with Crippen molar-refractivity contribution in [2.75, 3.05) is 25.1 Å². The van der Waals surface area contributed by atoms with E-state index in [1.165, 1.54) is 12.7 Å². The van der Waals surface area contributed by atoms with Gasteiger partial charge in [0.2, 0.25) is 11.8 Å². The van der Waals surface area contributed by atoms with E-state index in [0.29, 0.717) is 11.9 Å². The van der Waals surface area contributed by atoms with Crippen LogP contribution < -0.4 is 15.0 Å². The smallest absolute Gasteiger partial charge is 0.223 e. The van der Waals surface area contributed by atoms with Crippen LogP contribution in [0.4, 0.5) is 5.82 Å². The van der Waals surface area contributed by atoms with Crippen molar-refractivity contribution in [3.8, 4) is 5.88 Å². The van der Waals surface area contributed by atoms with Gasteiger partial charge in [-0.25, -0.2) is 9.97 Å².